The molecule has 1 aliphatic rings. The number of nitro benzene ring substituents is 1. The summed E-state index contributed by atoms with van der Waals surface area (Å²) in [6.07, 6.45) is 0.382. The minimum atomic E-state index is -0.746. The van der Waals surface area contributed by atoms with Crippen LogP contribution in [0.2, 0.25) is 0 Å². The summed E-state index contributed by atoms with van der Waals surface area (Å²) in [4.78, 5) is 33.6. The number of nitro groups is 1. The number of carbonyl (C=O) groups excluding carboxylic acids is 2. The molecule has 0 aromatic heterocycles. The van der Waals surface area contributed by atoms with Crippen molar-refractivity contribution in [3.05, 3.63) is 33.9 Å². The van der Waals surface area contributed by atoms with Crippen LogP contribution in [-0.4, -0.2) is 16.6 Å². The number of hydrogen-bond donors (Lipinski definition) is 1. The van der Waals surface area contributed by atoms with Gasteiger partial charge in [-0.15, -0.1) is 0 Å². The van der Waals surface area contributed by atoms with Crippen molar-refractivity contribution in [2.24, 2.45) is 5.92 Å². The average Bonchev–Trinajstić information content (AvgIpc) is 2.29. The van der Waals surface area contributed by atoms with Gasteiger partial charge in [0.2, 0.25) is 5.91 Å². The molecule has 1 aliphatic heterocycles. The number of carbonyl (C=O) groups is 2. The number of Topliss-reactive ketones (excluding diaryl/α,β-unsaturated/α-hetero) is 1. The Kier molecular flexibility index (Phi) is 2.63. The summed E-state index contributed by atoms with van der Waals surface area (Å²) in [5.74, 6) is -1.45. The lowest BCUT2D eigenvalue weighted by molar-refractivity contribution is -0.384. The summed E-state index contributed by atoms with van der Waals surface area (Å²) >= 11 is 0. The molecule has 1 atom stereocenters. The van der Waals surface area contributed by atoms with Crippen molar-refractivity contribution >= 4 is 23.1 Å². The maximum atomic E-state index is 11.9. The van der Waals surface area contributed by atoms with Gasteiger partial charge in [0.25, 0.3) is 5.69 Å². The molecule has 1 amide bonds. The van der Waals surface area contributed by atoms with Crippen molar-refractivity contribution in [3.63, 3.8) is 0 Å². The molecule has 0 aliphatic carbocycles. The molecule has 0 fully saturated rings. The highest BCUT2D eigenvalue weighted by Crippen LogP contribution is 2.30. The fourth-order valence-corrected chi connectivity index (χ4v) is 1.86. The lowest BCUT2D eigenvalue weighted by Crippen LogP contribution is -2.34. The number of anilines is 1. The van der Waals surface area contributed by atoms with Gasteiger partial charge in [0, 0.05) is 17.7 Å². The number of nitrogens with one attached hydrogen (secondary N) is 1. The molecule has 1 unspecified atom stereocenters. The van der Waals surface area contributed by atoms with E-state index < -0.39 is 10.8 Å². The maximum Gasteiger partial charge on any atom is 0.270 e. The van der Waals surface area contributed by atoms with Crippen LogP contribution in [0.15, 0.2) is 18.2 Å². The van der Waals surface area contributed by atoms with E-state index in [0.29, 0.717) is 12.1 Å². The highest BCUT2D eigenvalue weighted by atomic mass is 16.6. The summed E-state index contributed by atoms with van der Waals surface area (Å²) in [6.45, 7) is 1.73. The molecule has 2 rings (SSSR count). The number of rotatable bonds is 2. The average molecular weight is 234 g/mol. The number of hydrogen-bond acceptors (Lipinski definition) is 4. The first-order chi connectivity index (χ1) is 8.04. The van der Waals surface area contributed by atoms with Crippen LogP contribution in [-0.2, 0) is 4.79 Å². The zero-order valence-corrected chi connectivity index (χ0v) is 9.10. The minimum absolute atomic E-state index is 0.150. The van der Waals surface area contributed by atoms with Gasteiger partial charge >= 0.3 is 0 Å². The van der Waals surface area contributed by atoms with Crippen LogP contribution in [0.4, 0.5) is 11.4 Å². The van der Waals surface area contributed by atoms with Gasteiger partial charge in [0.05, 0.1) is 10.6 Å². The van der Waals surface area contributed by atoms with Crippen LogP contribution in [0.3, 0.4) is 0 Å². The number of ketones is 1. The van der Waals surface area contributed by atoms with Gasteiger partial charge < -0.3 is 5.32 Å². The van der Waals surface area contributed by atoms with Gasteiger partial charge in [0.1, 0.15) is 5.92 Å². The third kappa shape index (κ3) is 1.77. The number of benzene rings is 1. The Bertz CT molecular complexity index is 524. The molecule has 0 saturated carbocycles. The highest BCUT2D eigenvalue weighted by molar-refractivity contribution is 6.21. The van der Waals surface area contributed by atoms with E-state index in [-0.39, 0.29) is 22.9 Å². The van der Waals surface area contributed by atoms with Crippen LogP contribution in [0.1, 0.15) is 23.7 Å². The second kappa shape index (κ2) is 3.97. The first-order valence-electron chi connectivity index (χ1n) is 5.18. The van der Waals surface area contributed by atoms with Gasteiger partial charge in [-0.1, -0.05) is 6.92 Å². The van der Waals surface area contributed by atoms with Crippen molar-refractivity contribution in [1.82, 2.24) is 0 Å². The Morgan fingerprint density at radius 1 is 1.41 bits per heavy atom. The van der Waals surface area contributed by atoms with E-state index in [1.165, 1.54) is 18.2 Å². The monoisotopic (exact) mass is 234 g/mol. The standard InChI is InChI=1S/C11H10N2O4/c1-2-7-10(14)8-5-6(13(16)17)3-4-9(8)12-11(7)15/h3-5,7H,2H2,1H3,(H,12,15). The summed E-state index contributed by atoms with van der Waals surface area (Å²) in [5.41, 5.74) is 0.407. The lowest BCUT2D eigenvalue weighted by atomic mass is 9.89. The molecule has 1 aromatic rings. The third-order valence-electron chi connectivity index (χ3n) is 2.78. The SMILES string of the molecule is CCC1C(=O)Nc2ccc([N+](=O)[O-])cc2C1=O. The molecular weight excluding hydrogens is 224 g/mol. The summed E-state index contributed by atoms with van der Waals surface area (Å²) in [5, 5.41) is 13.2. The van der Waals surface area contributed by atoms with Crippen LogP contribution in [0.5, 0.6) is 0 Å². The smallest absolute Gasteiger partial charge is 0.270 e. The Balaban J connectivity index is 2.51. The van der Waals surface area contributed by atoms with E-state index in [0.717, 1.165) is 0 Å². The normalized spacial score (nSPS) is 18.5. The van der Waals surface area contributed by atoms with E-state index in [4.69, 9.17) is 0 Å². The molecule has 17 heavy (non-hydrogen) atoms. The molecule has 0 saturated heterocycles. The topological polar surface area (TPSA) is 89.3 Å². The Labute approximate surface area is 96.8 Å². The van der Waals surface area contributed by atoms with E-state index in [2.05, 4.69) is 5.32 Å². The summed E-state index contributed by atoms with van der Waals surface area (Å²) in [6, 6.07) is 3.85. The van der Waals surface area contributed by atoms with Gasteiger partial charge in [-0.05, 0) is 12.5 Å². The van der Waals surface area contributed by atoms with Crippen molar-refractivity contribution in [2.75, 3.05) is 5.32 Å². The fourth-order valence-electron chi connectivity index (χ4n) is 1.86. The van der Waals surface area contributed by atoms with E-state index in [1.54, 1.807) is 6.92 Å². The van der Waals surface area contributed by atoms with Gasteiger partial charge in [0.15, 0.2) is 5.78 Å². The Hall–Kier alpha value is -2.24. The minimum Gasteiger partial charge on any atom is -0.325 e. The number of non-ortho nitro benzene ring substituents is 1. The first kappa shape index (κ1) is 11.3. The summed E-state index contributed by atoms with van der Waals surface area (Å²) < 4.78 is 0. The quantitative estimate of drug-likeness (QED) is 0.479. The van der Waals surface area contributed by atoms with E-state index in [9.17, 15) is 19.7 Å². The zero-order valence-electron chi connectivity index (χ0n) is 9.10. The Morgan fingerprint density at radius 2 is 2.12 bits per heavy atom. The Morgan fingerprint density at radius 3 is 2.71 bits per heavy atom. The molecule has 0 radical (unpaired) electrons. The van der Waals surface area contributed by atoms with Crippen LogP contribution < -0.4 is 5.32 Å². The second-order valence-corrected chi connectivity index (χ2v) is 3.80. The second-order valence-electron chi connectivity index (χ2n) is 3.80. The predicted molar refractivity (Wildman–Crippen MR) is 59.8 cm³/mol. The molecular formula is C11H10N2O4. The third-order valence-corrected chi connectivity index (χ3v) is 2.78. The molecule has 6 heteroatoms. The summed E-state index contributed by atoms with van der Waals surface area (Å²) in [7, 11) is 0. The highest BCUT2D eigenvalue weighted by Gasteiger charge is 2.33. The van der Waals surface area contributed by atoms with Crippen LogP contribution in [0.25, 0.3) is 0 Å². The van der Waals surface area contributed by atoms with Gasteiger partial charge in [-0.2, -0.15) is 0 Å². The number of amides is 1. The van der Waals surface area contributed by atoms with E-state index >= 15 is 0 Å². The number of nitrogens with zero attached hydrogens (tertiary/aromatic N) is 1. The molecule has 6 nitrogen and oxygen atoms in total. The van der Waals surface area contributed by atoms with Crippen molar-refractivity contribution in [1.29, 1.82) is 0 Å². The maximum absolute atomic E-state index is 11.9. The van der Waals surface area contributed by atoms with Crippen LogP contribution in [0, 0.1) is 16.0 Å². The molecule has 1 aromatic carbocycles. The van der Waals surface area contributed by atoms with Crippen molar-refractivity contribution in [3.8, 4) is 0 Å². The molecule has 88 valence electrons. The largest absolute Gasteiger partial charge is 0.325 e. The van der Waals surface area contributed by atoms with Crippen LogP contribution >= 0.6 is 0 Å². The number of fused-ring (bicyclic) bond motifs is 1. The molecule has 0 spiro atoms. The first-order valence-corrected chi connectivity index (χ1v) is 5.18. The molecule has 1 heterocycles. The predicted octanol–water partition coefficient (Wildman–Crippen LogP) is 1.76. The lowest BCUT2D eigenvalue weighted by Gasteiger charge is -2.21. The molecule has 1 N–H and O–H groups in total. The van der Waals surface area contributed by atoms with Crippen molar-refractivity contribution in [2.45, 2.75) is 13.3 Å². The van der Waals surface area contributed by atoms with E-state index in [1.807, 2.05) is 0 Å². The van der Waals surface area contributed by atoms with Gasteiger partial charge in [-0.25, -0.2) is 0 Å². The zero-order chi connectivity index (χ0) is 12.6. The van der Waals surface area contributed by atoms with Crippen molar-refractivity contribution < 1.29 is 14.5 Å². The fraction of sp³-hybridized carbons (Fsp3) is 0.273. The molecule has 0 bridgehead atoms. The van der Waals surface area contributed by atoms with Gasteiger partial charge in [-0.3, -0.25) is 19.7 Å².